The second kappa shape index (κ2) is 5.13. The van der Waals surface area contributed by atoms with Crippen LogP contribution in [0.25, 0.3) is 0 Å². The molecule has 0 fully saturated rings. The van der Waals surface area contributed by atoms with Crippen molar-refractivity contribution in [1.82, 2.24) is 5.32 Å². The number of amides is 1. The SMILES string of the molecule is CNC(=O)CC(CC(=O)O)C(=O)O. The number of aliphatic carboxylic acids is 2. The fraction of sp³-hybridized carbons (Fsp3) is 0.571. The molecule has 0 heterocycles. The molecule has 6 heteroatoms. The molecule has 0 bridgehead atoms. The molecular formula is C7H11NO5. The van der Waals surface area contributed by atoms with Gasteiger partial charge in [0.2, 0.25) is 5.91 Å². The molecule has 0 aliphatic heterocycles. The Morgan fingerprint density at radius 3 is 2.08 bits per heavy atom. The van der Waals surface area contributed by atoms with Gasteiger partial charge in [-0.1, -0.05) is 0 Å². The molecule has 0 spiro atoms. The van der Waals surface area contributed by atoms with Gasteiger partial charge in [0.1, 0.15) is 0 Å². The van der Waals surface area contributed by atoms with Crippen LogP contribution < -0.4 is 5.32 Å². The minimum Gasteiger partial charge on any atom is -0.481 e. The zero-order chi connectivity index (χ0) is 10.4. The third-order valence-corrected chi connectivity index (χ3v) is 1.48. The molecule has 0 saturated carbocycles. The number of carbonyl (C=O) groups excluding carboxylic acids is 1. The molecule has 1 atom stereocenters. The Balaban J connectivity index is 4.18. The summed E-state index contributed by atoms with van der Waals surface area (Å²) < 4.78 is 0. The maximum atomic E-state index is 10.7. The van der Waals surface area contributed by atoms with Gasteiger partial charge in [-0.05, 0) is 0 Å². The van der Waals surface area contributed by atoms with Gasteiger partial charge in [-0.2, -0.15) is 0 Å². The van der Waals surface area contributed by atoms with Crippen molar-refractivity contribution < 1.29 is 24.6 Å². The van der Waals surface area contributed by atoms with Crippen molar-refractivity contribution in [1.29, 1.82) is 0 Å². The molecule has 1 amide bonds. The predicted molar refractivity (Wildman–Crippen MR) is 42.1 cm³/mol. The quantitative estimate of drug-likeness (QED) is 0.530. The summed E-state index contributed by atoms with van der Waals surface area (Å²) in [6.07, 6.45) is -0.846. The molecule has 0 aromatic carbocycles. The van der Waals surface area contributed by atoms with Crippen LogP contribution in [0.5, 0.6) is 0 Å². The van der Waals surface area contributed by atoms with Crippen LogP contribution in [0.15, 0.2) is 0 Å². The zero-order valence-electron chi connectivity index (χ0n) is 7.11. The zero-order valence-corrected chi connectivity index (χ0v) is 7.11. The largest absolute Gasteiger partial charge is 0.481 e. The van der Waals surface area contributed by atoms with Crippen molar-refractivity contribution in [3.63, 3.8) is 0 Å². The van der Waals surface area contributed by atoms with E-state index in [1.54, 1.807) is 0 Å². The van der Waals surface area contributed by atoms with Crippen molar-refractivity contribution in [2.75, 3.05) is 7.05 Å². The lowest BCUT2D eigenvalue weighted by molar-refractivity contribution is -0.149. The van der Waals surface area contributed by atoms with Gasteiger partial charge < -0.3 is 15.5 Å². The fourth-order valence-electron chi connectivity index (χ4n) is 0.783. The summed E-state index contributed by atoms with van der Waals surface area (Å²) in [4.78, 5) is 31.4. The number of rotatable bonds is 5. The minimum atomic E-state index is -1.27. The van der Waals surface area contributed by atoms with Gasteiger partial charge in [-0.3, -0.25) is 14.4 Å². The third-order valence-electron chi connectivity index (χ3n) is 1.48. The average Bonchev–Trinajstić information content (AvgIpc) is 2.02. The molecule has 13 heavy (non-hydrogen) atoms. The Kier molecular flexibility index (Phi) is 4.50. The van der Waals surface area contributed by atoms with Crippen LogP contribution >= 0.6 is 0 Å². The summed E-state index contributed by atoms with van der Waals surface area (Å²) in [5.41, 5.74) is 0. The summed E-state index contributed by atoms with van der Waals surface area (Å²) in [5.74, 6) is -4.13. The monoisotopic (exact) mass is 189 g/mol. The summed E-state index contributed by atoms with van der Waals surface area (Å²) in [6.45, 7) is 0. The van der Waals surface area contributed by atoms with Gasteiger partial charge in [0, 0.05) is 13.5 Å². The number of carboxylic acids is 2. The average molecular weight is 189 g/mol. The van der Waals surface area contributed by atoms with Gasteiger partial charge in [-0.25, -0.2) is 0 Å². The third kappa shape index (κ3) is 4.78. The van der Waals surface area contributed by atoms with Crippen molar-refractivity contribution in [3.8, 4) is 0 Å². The van der Waals surface area contributed by atoms with Crippen LogP contribution in [0, 0.1) is 5.92 Å². The van der Waals surface area contributed by atoms with Crippen LogP contribution in [-0.4, -0.2) is 35.1 Å². The molecule has 0 radical (unpaired) electrons. The molecule has 3 N–H and O–H groups in total. The second-order valence-electron chi connectivity index (χ2n) is 2.51. The predicted octanol–water partition coefficient (Wildman–Crippen LogP) is -0.702. The van der Waals surface area contributed by atoms with Crippen molar-refractivity contribution in [2.24, 2.45) is 5.92 Å². The highest BCUT2D eigenvalue weighted by molar-refractivity contribution is 5.84. The van der Waals surface area contributed by atoms with E-state index in [9.17, 15) is 14.4 Å². The van der Waals surface area contributed by atoms with E-state index >= 15 is 0 Å². The first-order chi connectivity index (χ1) is 5.97. The lowest BCUT2D eigenvalue weighted by Crippen LogP contribution is -2.27. The highest BCUT2D eigenvalue weighted by atomic mass is 16.4. The van der Waals surface area contributed by atoms with E-state index in [0.29, 0.717) is 0 Å². The highest BCUT2D eigenvalue weighted by Gasteiger charge is 2.23. The number of carboxylic acid groups (broad SMARTS) is 2. The van der Waals surface area contributed by atoms with E-state index in [-0.39, 0.29) is 6.42 Å². The van der Waals surface area contributed by atoms with Crippen LogP contribution in [0.1, 0.15) is 12.8 Å². The second-order valence-corrected chi connectivity index (χ2v) is 2.51. The van der Waals surface area contributed by atoms with Crippen LogP contribution in [-0.2, 0) is 14.4 Å². The Morgan fingerprint density at radius 1 is 1.23 bits per heavy atom. The first-order valence-electron chi connectivity index (χ1n) is 3.62. The number of nitrogens with one attached hydrogen (secondary N) is 1. The Morgan fingerprint density at radius 2 is 1.77 bits per heavy atom. The highest BCUT2D eigenvalue weighted by Crippen LogP contribution is 2.08. The molecule has 0 aromatic heterocycles. The number of carbonyl (C=O) groups is 3. The summed E-state index contributed by atoms with van der Waals surface area (Å²) in [7, 11) is 1.36. The van der Waals surface area contributed by atoms with Gasteiger partial charge in [0.15, 0.2) is 0 Å². The first kappa shape index (κ1) is 11.4. The first-order valence-corrected chi connectivity index (χ1v) is 3.62. The van der Waals surface area contributed by atoms with Gasteiger partial charge >= 0.3 is 11.9 Å². The molecule has 1 unspecified atom stereocenters. The molecule has 0 aliphatic rings. The van der Waals surface area contributed by atoms with Crippen LogP contribution in [0.2, 0.25) is 0 Å². The number of hydrogen-bond donors (Lipinski definition) is 3. The smallest absolute Gasteiger partial charge is 0.307 e. The molecule has 0 aromatic rings. The minimum absolute atomic E-state index is 0.307. The number of hydrogen-bond acceptors (Lipinski definition) is 3. The maximum absolute atomic E-state index is 10.7. The lowest BCUT2D eigenvalue weighted by atomic mass is 10.0. The Labute approximate surface area is 74.6 Å². The van der Waals surface area contributed by atoms with Gasteiger partial charge in [0.05, 0.1) is 12.3 Å². The fourth-order valence-corrected chi connectivity index (χ4v) is 0.783. The van der Waals surface area contributed by atoms with Crippen LogP contribution in [0.4, 0.5) is 0 Å². The molecule has 0 aliphatic carbocycles. The van der Waals surface area contributed by atoms with Gasteiger partial charge in [-0.15, -0.1) is 0 Å². The van der Waals surface area contributed by atoms with Crippen molar-refractivity contribution >= 4 is 17.8 Å². The van der Waals surface area contributed by atoms with Crippen molar-refractivity contribution in [3.05, 3.63) is 0 Å². The van der Waals surface area contributed by atoms with E-state index in [1.807, 2.05) is 0 Å². The summed E-state index contributed by atoms with van der Waals surface area (Å²) in [6, 6.07) is 0. The topological polar surface area (TPSA) is 104 Å². The maximum Gasteiger partial charge on any atom is 0.307 e. The standard InChI is InChI=1S/C7H11NO5/c1-8-5(9)2-4(7(12)13)3-6(10)11/h4H,2-3H2,1H3,(H,8,9)(H,10,11)(H,12,13). The van der Waals surface area contributed by atoms with E-state index < -0.39 is 30.2 Å². The normalized spacial score (nSPS) is 11.8. The summed E-state index contributed by atoms with van der Waals surface area (Å²) >= 11 is 0. The van der Waals surface area contributed by atoms with Crippen molar-refractivity contribution in [2.45, 2.75) is 12.8 Å². The van der Waals surface area contributed by atoms with Gasteiger partial charge in [0.25, 0.3) is 0 Å². The molecule has 0 rings (SSSR count). The molecule has 0 saturated heterocycles. The van der Waals surface area contributed by atoms with E-state index in [0.717, 1.165) is 0 Å². The summed E-state index contributed by atoms with van der Waals surface area (Å²) in [5, 5.41) is 19.1. The molecule has 74 valence electrons. The van der Waals surface area contributed by atoms with E-state index in [4.69, 9.17) is 10.2 Å². The van der Waals surface area contributed by atoms with E-state index in [1.165, 1.54) is 7.05 Å². The van der Waals surface area contributed by atoms with E-state index in [2.05, 4.69) is 5.32 Å². The Bertz CT molecular complexity index is 225. The van der Waals surface area contributed by atoms with Crippen LogP contribution in [0.3, 0.4) is 0 Å². The lowest BCUT2D eigenvalue weighted by Gasteiger charge is -2.07. The molecular weight excluding hydrogens is 178 g/mol. The molecule has 6 nitrogen and oxygen atoms in total. The Hall–Kier alpha value is -1.59.